The summed E-state index contributed by atoms with van der Waals surface area (Å²) < 4.78 is 6.81. The molecule has 0 saturated carbocycles. The van der Waals surface area contributed by atoms with Gasteiger partial charge < -0.3 is 14.6 Å². The molecule has 1 aliphatic heterocycles. The zero-order valence-corrected chi connectivity index (χ0v) is 10.3. The van der Waals surface area contributed by atoms with Crippen molar-refractivity contribution in [2.45, 2.75) is 19.4 Å². The maximum atomic E-state index is 11.7. The van der Waals surface area contributed by atoms with E-state index in [4.69, 9.17) is 4.74 Å². The number of ether oxygens (including phenoxy) is 1. The van der Waals surface area contributed by atoms with Crippen LogP contribution in [0.25, 0.3) is 0 Å². The minimum absolute atomic E-state index is 0.00412. The van der Waals surface area contributed by atoms with Crippen LogP contribution in [-0.4, -0.2) is 30.2 Å². The van der Waals surface area contributed by atoms with Crippen LogP contribution in [0.2, 0.25) is 0 Å². The minimum atomic E-state index is -0.00646. The lowest BCUT2D eigenvalue weighted by atomic mass is 10.1. The Hall–Kier alpha value is -1.62. The average Bonchev–Trinajstić information content (AvgIpc) is 2.90. The lowest BCUT2D eigenvalue weighted by Gasteiger charge is -2.09. The van der Waals surface area contributed by atoms with E-state index in [2.05, 4.69) is 5.32 Å². The standard InChI is InChI=1S/C13H18N2O3/c16-12-4-1-2-7-15(12)8-3-6-14-13(17)11-5-9-18-10-11/h1-2,4,7,11H,3,5-6,8-10H2,(H,14,17)/t11-/m0/s1. The van der Waals surface area contributed by atoms with Gasteiger partial charge in [-0.1, -0.05) is 6.07 Å². The molecule has 0 bridgehead atoms. The van der Waals surface area contributed by atoms with Crippen LogP contribution in [0.1, 0.15) is 12.8 Å². The highest BCUT2D eigenvalue weighted by atomic mass is 16.5. The summed E-state index contributed by atoms with van der Waals surface area (Å²) in [7, 11) is 0. The molecule has 1 aromatic heterocycles. The quantitative estimate of drug-likeness (QED) is 0.769. The maximum Gasteiger partial charge on any atom is 0.250 e. The van der Waals surface area contributed by atoms with Gasteiger partial charge in [0.15, 0.2) is 0 Å². The number of aryl methyl sites for hydroxylation is 1. The largest absolute Gasteiger partial charge is 0.381 e. The number of amides is 1. The van der Waals surface area contributed by atoms with Crippen molar-refractivity contribution in [3.05, 3.63) is 34.7 Å². The molecular formula is C13H18N2O3. The molecule has 1 atom stereocenters. The highest BCUT2D eigenvalue weighted by molar-refractivity contribution is 5.78. The van der Waals surface area contributed by atoms with Crippen molar-refractivity contribution >= 4 is 5.91 Å². The molecular weight excluding hydrogens is 232 g/mol. The lowest BCUT2D eigenvalue weighted by Crippen LogP contribution is -2.32. The van der Waals surface area contributed by atoms with Gasteiger partial charge in [-0.05, 0) is 18.9 Å². The van der Waals surface area contributed by atoms with Crippen molar-refractivity contribution in [2.75, 3.05) is 19.8 Å². The highest BCUT2D eigenvalue weighted by Crippen LogP contribution is 2.11. The van der Waals surface area contributed by atoms with Crippen molar-refractivity contribution in [1.82, 2.24) is 9.88 Å². The Morgan fingerprint density at radius 1 is 1.50 bits per heavy atom. The third kappa shape index (κ3) is 3.43. The average molecular weight is 250 g/mol. The smallest absolute Gasteiger partial charge is 0.250 e. The summed E-state index contributed by atoms with van der Waals surface area (Å²) in [5.41, 5.74) is -0.00646. The number of aromatic nitrogens is 1. The maximum absolute atomic E-state index is 11.7. The van der Waals surface area contributed by atoms with E-state index in [-0.39, 0.29) is 17.4 Å². The first-order valence-corrected chi connectivity index (χ1v) is 6.28. The van der Waals surface area contributed by atoms with Gasteiger partial charge in [-0.2, -0.15) is 0 Å². The minimum Gasteiger partial charge on any atom is -0.381 e. The van der Waals surface area contributed by atoms with Crippen LogP contribution in [0, 0.1) is 5.92 Å². The molecule has 1 aliphatic rings. The third-order valence-corrected chi connectivity index (χ3v) is 3.07. The van der Waals surface area contributed by atoms with Gasteiger partial charge in [0.05, 0.1) is 12.5 Å². The first kappa shape index (κ1) is 12.8. The SMILES string of the molecule is O=C(NCCCn1ccccc1=O)[C@H]1CCOC1. The highest BCUT2D eigenvalue weighted by Gasteiger charge is 2.22. The molecule has 0 spiro atoms. The van der Waals surface area contributed by atoms with E-state index in [1.165, 1.54) is 6.07 Å². The fourth-order valence-corrected chi connectivity index (χ4v) is 1.99. The number of nitrogens with one attached hydrogen (secondary N) is 1. The van der Waals surface area contributed by atoms with Crippen LogP contribution in [0.3, 0.4) is 0 Å². The van der Waals surface area contributed by atoms with Crippen molar-refractivity contribution in [2.24, 2.45) is 5.92 Å². The Kier molecular flexibility index (Phi) is 4.52. The van der Waals surface area contributed by atoms with E-state index in [9.17, 15) is 9.59 Å². The molecule has 1 saturated heterocycles. The van der Waals surface area contributed by atoms with Crippen molar-refractivity contribution in [3.63, 3.8) is 0 Å². The zero-order chi connectivity index (χ0) is 12.8. The Labute approximate surface area is 106 Å². The fraction of sp³-hybridized carbons (Fsp3) is 0.538. The summed E-state index contributed by atoms with van der Waals surface area (Å²) in [5.74, 6) is 0.0670. The summed E-state index contributed by atoms with van der Waals surface area (Å²) in [6.07, 6.45) is 3.32. The molecule has 0 unspecified atom stereocenters. The van der Waals surface area contributed by atoms with Gasteiger partial charge in [0, 0.05) is 32.0 Å². The van der Waals surface area contributed by atoms with E-state index in [1.807, 2.05) is 6.07 Å². The van der Waals surface area contributed by atoms with Gasteiger partial charge in [0.25, 0.3) is 0 Å². The van der Waals surface area contributed by atoms with Crippen LogP contribution in [-0.2, 0) is 16.1 Å². The number of carbonyl (C=O) groups excluding carboxylic acids is 1. The number of rotatable bonds is 5. The summed E-state index contributed by atoms with van der Waals surface area (Å²) >= 11 is 0. The van der Waals surface area contributed by atoms with E-state index in [1.54, 1.807) is 16.8 Å². The molecule has 1 fully saturated rings. The van der Waals surface area contributed by atoms with Gasteiger partial charge in [0.1, 0.15) is 0 Å². The van der Waals surface area contributed by atoms with Crippen LogP contribution < -0.4 is 10.9 Å². The zero-order valence-electron chi connectivity index (χ0n) is 10.3. The van der Waals surface area contributed by atoms with Crippen molar-refractivity contribution in [1.29, 1.82) is 0 Å². The topological polar surface area (TPSA) is 60.3 Å². The van der Waals surface area contributed by atoms with Crippen molar-refractivity contribution < 1.29 is 9.53 Å². The van der Waals surface area contributed by atoms with Crippen molar-refractivity contribution in [3.8, 4) is 0 Å². The molecule has 98 valence electrons. The summed E-state index contributed by atoms with van der Waals surface area (Å²) in [6, 6.07) is 5.09. The molecule has 2 heterocycles. The second-order valence-electron chi connectivity index (χ2n) is 4.44. The molecule has 0 radical (unpaired) electrons. The van der Waals surface area contributed by atoms with Gasteiger partial charge in [0.2, 0.25) is 11.5 Å². The summed E-state index contributed by atoms with van der Waals surface area (Å²) in [4.78, 5) is 23.1. The Balaban J connectivity index is 1.68. The van der Waals surface area contributed by atoms with Crippen LogP contribution in [0.15, 0.2) is 29.2 Å². The van der Waals surface area contributed by atoms with Gasteiger partial charge in [-0.15, -0.1) is 0 Å². The third-order valence-electron chi connectivity index (χ3n) is 3.07. The molecule has 1 aromatic rings. The number of pyridine rings is 1. The predicted molar refractivity (Wildman–Crippen MR) is 67.3 cm³/mol. The molecule has 1 amide bonds. The van der Waals surface area contributed by atoms with Gasteiger partial charge in [-0.25, -0.2) is 0 Å². The molecule has 18 heavy (non-hydrogen) atoms. The van der Waals surface area contributed by atoms with E-state index < -0.39 is 0 Å². The van der Waals surface area contributed by atoms with E-state index in [0.717, 1.165) is 12.8 Å². The molecule has 0 aliphatic carbocycles. The molecule has 0 aromatic carbocycles. The van der Waals surface area contributed by atoms with Gasteiger partial charge in [-0.3, -0.25) is 9.59 Å². The normalized spacial score (nSPS) is 18.8. The molecule has 5 nitrogen and oxygen atoms in total. The first-order chi connectivity index (χ1) is 8.77. The monoisotopic (exact) mass is 250 g/mol. The second kappa shape index (κ2) is 6.35. The number of nitrogens with zero attached hydrogens (tertiary/aromatic N) is 1. The van der Waals surface area contributed by atoms with Crippen LogP contribution in [0.4, 0.5) is 0 Å². The number of carbonyl (C=O) groups is 1. The molecule has 2 rings (SSSR count). The predicted octanol–water partition coefficient (Wildman–Crippen LogP) is 0.391. The second-order valence-corrected chi connectivity index (χ2v) is 4.44. The van der Waals surface area contributed by atoms with Crippen LogP contribution >= 0.6 is 0 Å². The van der Waals surface area contributed by atoms with Gasteiger partial charge >= 0.3 is 0 Å². The fourth-order valence-electron chi connectivity index (χ4n) is 1.99. The lowest BCUT2D eigenvalue weighted by molar-refractivity contribution is -0.124. The Morgan fingerprint density at radius 3 is 3.11 bits per heavy atom. The van der Waals surface area contributed by atoms with E-state index >= 15 is 0 Å². The molecule has 1 N–H and O–H groups in total. The Morgan fingerprint density at radius 2 is 2.39 bits per heavy atom. The van der Waals surface area contributed by atoms with Crippen LogP contribution in [0.5, 0.6) is 0 Å². The summed E-state index contributed by atoms with van der Waals surface area (Å²) in [5, 5.41) is 2.88. The first-order valence-electron chi connectivity index (χ1n) is 6.28. The Bertz CT molecular complexity index is 450. The number of hydrogen-bond donors (Lipinski definition) is 1. The number of hydrogen-bond acceptors (Lipinski definition) is 3. The summed E-state index contributed by atoms with van der Waals surface area (Å²) in [6.45, 7) is 2.43. The molecule has 5 heteroatoms. The van der Waals surface area contributed by atoms with E-state index in [0.29, 0.717) is 26.3 Å².